The predicted octanol–water partition coefficient (Wildman–Crippen LogP) is 4.42. The van der Waals surface area contributed by atoms with Crippen molar-refractivity contribution in [2.45, 2.75) is 6.54 Å². The van der Waals surface area contributed by atoms with Gasteiger partial charge in [0.15, 0.2) is 0 Å². The van der Waals surface area contributed by atoms with Crippen molar-refractivity contribution in [2.24, 2.45) is 0 Å². The number of carboxylic acid groups (broad SMARTS) is 1. The van der Waals surface area contributed by atoms with Gasteiger partial charge in [-0.3, -0.25) is 4.79 Å². The number of benzene rings is 1. The minimum atomic E-state index is -0.976. The molecule has 0 bridgehead atoms. The summed E-state index contributed by atoms with van der Waals surface area (Å²) in [5.41, 5.74) is 4.27. The van der Waals surface area contributed by atoms with Gasteiger partial charge in [0.05, 0.1) is 28.4 Å². The molecule has 3 aromatic heterocycles. The molecule has 0 fully saturated rings. The monoisotopic (exact) mass is 394 g/mol. The van der Waals surface area contributed by atoms with Crippen LogP contribution in [0.5, 0.6) is 0 Å². The van der Waals surface area contributed by atoms with Gasteiger partial charge in [0.1, 0.15) is 11.4 Å². The maximum atomic E-state index is 12.5. The van der Waals surface area contributed by atoms with Crippen LogP contribution in [0.25, 0.3) is 32.6 Å². The molecule has 7 heteroatoms. The molecule has 0 aliphatic rings. The highest BCUT2D eigenvalue weighted by molar-refractivity contribution is 7.21. The number of aromatic carboxylic acids is 1. The Balaban J connectivity index is 2.07. The van der Waals surface area contributed by atoms with Gasteiger partial charge in [-0.25, -0.2) is 4.79 Å². The van der Waals surface area contributed by atoms with Crippen LogP contribution in [0, 0.1) is 0 Å². The van der Waals surface area contributed by atoms with Crippen LogP contribution in [-0.2, 0) is 11.3 Å². The summed E-state index contributed by atoms with van der Waals surface area (Å²) in [6.45, 7) is 0.104. The van der Waals surface area contributed by atoms with Crippen LogP contribution in [0.2, 0.25) is 0 Å². The van der Waals surface area contributed by atoms with E-state index in [4.69, 9.17) is 4.42 Å². The SMILES string of the molecule is CN(C)C(=O)Cn1c(-c2ccoc2)c(-c2ccccc2)c2sc(C(=O)O)cc21. The summed E-state index contributed by atoms with van der Waals surface area (Å²) in [6, 6.07) is 13.3. The highest BCUT2D eigenvalue weighted by Gasteiger charge is 2.25. The molecule has 0 unspecified atom stereocenters. The Morgan fingerprint density at radius 1 is 1.14 bits per heavy atom. The first kappa shape index (κ1) is 18.1. The molecular formula is C21H18N2O4S. The Labute approximate surface area is 165 Å². The Hall–Kier alpha value is -3.32. The summed E-state index contributed by atoms with van der Waals surface area (Å²) in [6.07, 6.45) is 3.23. The fourth-order valence-electron chi connectivity index (χ4n) is 3.24. The maximum Gasteiger partial charge on any atom is 0.345 e. The number of carbonyl (C=O) groups excluding carboxylic acids is 1. The number of aromatic nitrogens is 1. The molecule has 6 nitrogen and oxygen atoms in total. The molecule has 0 radical (unpaired) electrons. The number of rotatable bonds is 5. The fourth-order valence-corrected chi connectivity index (χ4v) is 4.31. The van der Waals surface area contributed by atoms with Gasteiger partial charge in [0.25, 0.3) is 0 Å². The number of fused-ring (bicyclic) bond motifs is 1. The molecule has 0 saturated heterocycles. The number of carbonyl (C=O) groups is 2. The number of likely N-dealkylation sites (N-methyl/N-ethyl adjacent to an activating group) is 1. The zero-order valence-electron chi connectivity index (χ0n) is 15.4. The third kappa shape index (κ3) is 2.99. The summed E-state index contributed by atoms with van der Waals surface area (Å²) in [5, 5.41) is 9.49. The number of nitrogens with zero attached hydrogens (tertiary/aromatic N) is 2. The van der Waals surface area contributed by atoms with Gasteiger partial charge in [0.2, 0.25) is 5.91 Å². The molecule has 0 atom stereocenters. The van der Waals surface area contributed by atoms with Gasteiger partial charge < -0.3 is 19.0 Å². The van der Waals surface area contributed by atoms with Gasteiger partial charge in [-0.2, -0.15) is 0 Å². The van der Waals surface area contributed by atoms with E-state index in [1.165, 1.54) is 16.2 Å². The number of amides is 1. The van der Waals surface area contributed by atoms with E-state index in [0.717, 1.165) is 32.6 Å². The van der Waals surface area contributed by atoms with E-state index < -0.39 is 5.97 Å². The third-order valence-electron chi connectivity index (χ3n) is 4.60. The molecule has 0 aliphatic heterocycles. The van der Waals surface area contributed by atoms with E-state index in [-0.39, 0.29) is 17.3 Å². The number of carboxylic acids is 1. The average molecular weight is 394 g/mol. The first-order valence-electron chi connectivity index (χ1n) is 8.65. The summed E-state index contributed by atoms with van der Waals surface area (Å²) in [7, 11) is 3.41. The molecule has 4 rings (SSSR count). The Bertz CT molecular complexity index is 1150. The quantitative estimate of drug-likeness (QED) is 0.544. The second-order valence-electron chi connectivity index (χ2n) is 6.61. The molecule has 1 aromatic carbocycles. The van der Waals surface area contributed by atoms with Crippen LogP contribution < -0.4 is 0 Å². The van der Waals surface area contributed by atoms with Crippen molar-refractivity contribution in [3.05, 3.63) is 59.9 Å². The molecule has 28 heavy (non-hydrogen) atoms. The van der Waals surface area contributed by atoms with Crippen LogP contribution in [0.4, 0.5) is 0 Å². The van der Waals surface area contributed by atoms with E-state index in [1.54, 1.807) is 32.7 Å². The van der Waals surface area contributed by atoms with Crippen LogP contribution >= 0.6 is 11.3 Å². The second-order valence-corrected chi connectivity index (χ2v) is 7.66. The van der Waals surface area contributed by atoms with E-state index in [9.17, 15) is 14.7 Å². The largest absolute Gasteiger partial charge is 0.477 e. The van der Waals surface area contributed by atoms with E-state index in [2.05, 4.69) is 0 Å². The minimum Gasteiger partial charge on any atom is -0.477 e. The fraction of sp³-hybridized carbons (Fsp3) is 0.143. The molecule has 4 aromatic rings. The zero-order valence-corrected chi connectivity index (χ0v) is 16.2. The first-order chi connectivity index (χ1) is 13.5. The predicted molar refractivity (Wildman–Crippen MR) is 109 cm³/mol. The van der Waals surface area contributed by atoms with E-state index >= 15 is 0 Å². The van der Waals surface area contributed by atoms with E-state index in [0.29, 0.717) is 0 Å². The standard InChI is InChI=1S/C21H18N2O4S/c1-22(2)17(24)11-23-15-10-16(21(25)26)28-20(15)18(13-6-4-3-5-7-13)19(23)14-8-9-27-12-14/h3-10,12H,11H2,1-2H3,(H,25,26). The number of thiophene rings is 1. The van der Waals surface area contributed by atoms with Crippen molar-refractivity contribution in [1.82, 2.24) is 9.47 Å². The molecule has 1 amide bonds. The van der Waals surface area contributed by atoms with Crippen LogP contribution in [0.15, 0.2) is 59.4 Å². The van der Waals surface area contributed by atoms with E-state index in [1.807, 2.05) is 41.0 Å². The summed E-state index contributed by atoms with van der Waals surface area (Å²) in [5.74, 6) is -1.06. The van der Waals surface area contributed by atoms with Gasteiger partial charge in [0, 0.05) is 25.2 Å². The first-order valence-corrected chi connectivity index (χ1v) is 9.46. The van der Waals surface area contributed by atoms with Crippen molar-refractivity contribution in [3.8, 4) is 22.4 Å². The summed E-state index contributed by atoms with van der Waals surface area (Å²) in [4.78, 5) is 25.9. The number of hydrogen-bond donors (Lipinski definition) is 1. The Morgan fingerprint density at radius 2 is 1.89 bits per heavy atom. The van der Waals surface area contributed by atoms with Crippen molar-refractivity contribution in [2.75, 3.05) is 14.1 Å². The summed E-state index contributed by atoms with van der Waals surface area (Å²) >= 11 is 1.22. The van der Waals surface area contributed by atoms with Crippen LogP contribution in [0.3, 0.4) is 0 Å². The molecule has 0 aliphatic carbocycles. The van der Waals surface area contributed by atoms with Crippen molar-refractivity contribution in [1.29, 1.82) is 0 Å². The summed E-state index contributed by atoms with van der Waals surface area (Å²) < 4.78 is 8.02. The van der Waals surface area contributed by atoms with Crippen molar-refractivity contribution < 1.29 is 19.1 Å². The average Bonchev–Trinajstić information content (AvgIpc) is 3.38. The third-order valence-corrected chi connectivity index (χ3v) is 5.73. The minimum absolute atomic E-state index is 0.0793. The second kappa shape index (κ2) is 7.01. The highest BCUT2D eigenvalue weighted by atomic mass is 32.1. The Morgan fingerprint density at radius 3 is 2.50 bits per heavy atom. The number of hydrogen-bond acceptors (Lipinski definition) is 4. The van der Waals surface area contributed by atoms with Crippen molar-refractivity contribution in [3.63, 3.8) is 0 Å². The molecule has 142 valence electrons. The lowest BCUT2D eigenvalue weighted by molar-refractivity contribution is -0.129. The smallest absolute Gasteiger partial charge is 0.345 e. The van der Waals surface area contributed by atoms with Gasteiger partial charge in [-0.15, -0.1) is 11.3 Å². The molecule has 0 saturated carbocycles. The zero-order chi connectivity index (χ0) is 19.8. The van der Waals surface area contributed by atoms with Gasteiger partial charge in [-0.1, -0.05) is 30.3 Å². The number of furan rings is 1. The molecular weight excluding hydrogens is 376 g/mol. The van der Waals surface area contributed by atoms with Gasteiger partial charge in [-0.05, 0) is 17.7 Å². The van der Waals surface area contributed by atoms with Crippen LogP contribution in [-0.4, -0.2) is 40.5 Å². The normalized spacial score (nSPS) is 11.1. The van der Waals surface area contributed by atoms with Crippen LogP contribution in [0.1, 0.15) is 9.67 Å². The molecule has 3 heterocycles. The Kier molecular flexibility index (Phi) is 4.52. The highest BCUT2D eigenvalue weighted by Crippen LogP contribution is 2.44. The lowest BCUT2D eigenvalue weighted by Gasteiger charge is -2.14. The lowest BCUT2D eigenvalue weighted by Crippen LogP contribution is -2.26. The lowest BCUT2D eigenvalue weighted by atomic mass is 10.0. The topological polar surface area (TPSA) is 75.7 Å². The maximum absolute atomic E-state index is 12.5. The van der Waals surface area contributed by atoms with Gasteiger partial charge >= 0.3 is 5.97 Å². The molecule has 1 N–H and O–H groups in total. The van der Waals surface area contributed by atoms with Crippen molar-refractivity contribution >= 4 is 33.4 Å². The molecule has 0 spiro atoms.